The predicted molar refractivity (Wildman–Crippen MR) is 95.3 cm³/mol. The van der Waals surface area contributed by atoms with Crippen LogP contribution in [0.2, 0.25) is 0 Å². The standard InChI is InChI=1S/C19H23N3O4/c1-6-10(2)13(23)14-15-16(26-19(4,5)25-15)18(24-14)22-8-7-12-11(3)20-9-21-17(12)22/h6-9,13-16,18,23H,1-2H2,3-5H3/t13-,14-,15-,16-,18-/m1/s1. The number of nitrogens with zero attached hydrogens (tertiary/aromatic N) is 3. The number of aromatic nitrogens is 3. The lowest BCUT2D eigenvalue weighted by Gasteiger charge is -2.27. The van der Waals surface area contributed by atoms with Gasteiger partial charge in [0.1, 0.15) is 36.4 Å². The molecule has 5 atom stereocenters. The van der Waals surface area contributed by atoms with Gasteiger partial charge in [0.15, 0.2) is 12.0 Å². The Morgan fingerprint density at radius 3 is 2.81 bits per heavy atom. The minimum atomic E-state index is -0.930. The molecule has 7 nitrogen and oxygen atoms in total. The molecule has 0 aromatic carbocycles. The Balaban J connectivity index is 1.75. The Labute approximate surface area is 151 Å². The summed E-state index contributed by atoms with van der Waals surface area (Å²) in [5.41, 5.74) is 2.13. The van der Waals surface area contributed by atoms with Gasteiger partial charge in [-0.2, -0.15) is 0 Å². The Morgan fingerprint density at radius 1 is 1.35 bits per heavy atom. The first-order valence-electron chi connectivity index (χ1n) is 8.61. The number of aryl methyl sites for hydroxylation is 1. The van der Waals surface area contributed by atoms with Crippen LogP contribution in [0.15, 0.2) is 43.4 Å². The second-order valence-corrected chi connectivity index (χ2v) is 7.20. The molecule has 2 aromatic heterocycles. The SMILES string of the molecule is C=CC(=C)[C@@H](O)[C@H]1O[C@@H](n2ccc3c(C)ncnc32)[C@@H]2OC(C)(C)O[C@@H]21. The first-order valence-corrected chi connectivity index (χ1v) is 8.61. The number of hydrogen-bond acceptors (Lipinski definition) is 6. The summed E-state index contributed by atoms with van der Waals surface area (Å²) >= 11 is 0. The fourth-order valence-electron chi connectivity index (χ4n) is 3.72. The highest BCUT2D eigenvalue weighted by molar-refractivity contribution is 5.78. The average molecular weight is 357 g/mol. The minimum absolute atomic E-state index is 0.381. The topological polar surface area (TPSA) is 78.6 Å². The van der Waals surface area contributed by atoms with Crippen LogP contribution in [0.4, 0.5) is 0 Å². The van der Waals surface area contributed by atoms with Crippen molar-refractivity contribution in [3.63, 3.8) is 0 Å². The molecule has 0 saturated carbocycles. The highest BCUT2D eigenvalue weighted by Gasteiger charge is 2.57. The summed E-state index contributed by atoms with van der Waals surface area (Å²) in [6.07, 6.45) is 2.13. The van der Waals surface area contributed by atoms with Crippen LogP contribution in [-0.2, 0) is 14.2 Å². The quantitative estimate of drug-likeness (QED) is 0.846. The van der Waals surface area contributed by atoms with Crippen LogP contribution in [0.1, 0.15) is 25.8 Å². The third-order valence-corrected chi connectivity index (χ3v) is 5.00. The predicted octanol–water partition coefficient (Wildman–Crippen LogP) is 2.26. The number of ether oxygens (including phenoxy) is 3. The molecule has 4 rings (SSSR count). The average Bonchev–Trinajstić information content (AvgIpc) is 3.24. The van der Waals surface area contributed by atoms with E-state index in [1.54, 1.807) is 0 Å². The van der Waals surface area contributed by atoms with Gasteiger partial charge in [0.25, 0.3) is 0 Å². The van der Waals surface area contributed by atoms with Gasteiger partial charge < -0.3 is 23.9 Å². The van der Waals surface area contributed by atoms with Gasteiger partial charge >= 0.3 is 0 Å². The van der Waals surface area contributed by atoms with Crippen LogP contribution in [0.3, 0.4) is 0 Å². The second-order valence-electron chi connectivity index (χ2n) is 7.20. The first kappa shape index (κ1) is 17.4. The van der Waals surface area contributed by atoms with Crippen LogP contribution in [0.5, 0.6) is 0 Å². The number of aliphatic hydroxyl groups excluding tert-OH is 1. The largest absolute Gasteiger partial charge is 0.386 e. The molecule has 7 heteroatoms. The van der Waals surface area contributed by atoms with E-state index in [1.807, 2.05) is 37.6 Å². The van der Waals surface area contributed by atoms with Crippen molar-refractivity contribution < 1.29 is 19.3 Å². The number of aliphatic hydroxyl groups is 1. The molecular formula is C19H23N3O4. The Kier molecular flexibility index (Phi) is 4.00. The fourth-order valence-corrected chi connectivity index (χ4v) is 3.72. The van der Waals surface area contributed by atoms with Crippen LogP contribution < -0.4 is 0 Å². The maximum absolute atomic E-state index is 10.6. The van der Waals surface area contributed by atoms with E-state index >= 15 is 0 Å². The summed E-state index contributed by atoms with van der Waals surface area (Å²) in [4.78, 5) is 8.63. The van der Waals surface area contributed by atoms with Crippen molar-refractivity contribution in [2.45, 2.75) is 57.2 Å². The van der Waals surface area contributed by atoms with Gasteiger partial charge in [-0.1, -0.05) is 19.2 Å². The van der Waals surface area contributed by atoms with Crippen molar-refractivity contribution in [1.82, 2.24) is 14.5 Å². The highest BCUT2D eigenvalue weighted by atomic mass is 16.8. The molecule has 4 heterocycles. The molecule has 2 aliphatic rings. The maximum atomic E-state index is 10.6. The molecule has 0 spiro atoms. The molecule has 2 aromatic rings. The molecule has 26 heavy (non-hydrogen) atoms. The van der Waals surface area contributed by atoms with Crippen molar-refractivity contribution in [3.05, 3.63) is 49.1 Å². The fraction of sp³-hybridized carbons (Fsp3) is 0.474. The highest BCUT2D eigenvalue weighted by Crippen LogP contribution is 2.45. The minimum Gasteiger partial charge on any atom is -0.386 e. The Bertz CT molecular complexity index is 875. The summed E-state index contributed by atoms with van der Waals surface area (Å²) in [7, 11) is 0. The van der Waals surface area contributed by atoms with Crippen molar-refractivity contribution in [3.8, 4) is 0 Å². The molecule has 2 saturated heterocycles. The number of hydrogen-bond donors (Lipinski definition) is 1. The van der Waals surface area contributed by atoms with Gasteiger partial charge in [-0.3, -0.25) is 0 Å². The zero-order valence-corrected chi connectivity index (χ0v) is 15.1. The van der Waals surface area contributed by atoms with Crippen molar-refractivity contribution in [2.24, 2.45) is 0 Å². The maximum Gasteiger partial charge on any atom is 0.164 e. The van der Waals surface area contributed by atoms with Crippen LogP contribution >= 0.6 is 0 Å². The van der Waals surface area contributed by atoms with E-state index in [2.05, 4.69) is 23.1 Å². The second kappa shape index (κ2) is 5.99. The summed E-state index contributed by atoms with van der Waals surface area (Å²) in [5.74, 6) is -0.765. The molecule has 2 fully saturated rings. The van der Waals surface area contributed by atoms with E-state index in [4.69, 9.17) is 14.2 Å². The molecule has 2 aliphatic heterocycles. The normalized spacial score (nSPS) is 31.1. The molecule has 0 amide bonds. The molecule has 0 radical (unpaired) electrons. The van der Waals surface area contributed by atoms with Gasteiger partial charge in [0, 0.05) is 11.6 Å². The summed E-state index contributed by atoms with van der Waals surface area (Å²) < 4.78 is 20.2. The smallest absolute Gasteiger partial charge is 0.164 e. The van der Waals surface area contributed by atoms with Gasteiger partial charge in [-0.25, -0.2) is 9.97 Å². The van der Waals surface area contributed by atoms with Gasteiger partial charge in [-0.15, -0.1) is 0 Å². The molecular weight excluding hydrogens is 334 g/mol. The van der Waals surface area contributed by atoms with Crippen molar-refractivity contribution in [2.75, 3.05) is 0 Å². The summed E-state index contributed by atoms with van der Waals surface area (Å²) in [6, 6.07) is 1.95. The van der Waals surface area contributed by atoms with Gasteiger partial charge in [0.05, 0.1) is 5.69 Å². The van der Waals surface area contributed by atoms with Gasteiger partial charge in [-0.05, 0) is 32.4 Å². The van der Waals surface area contributed by atoms with Crippen molar-refractivity contribution >= 4 is 11.0 Å². The van der Waals surface area contributed by atoms with Gasteiger partial charge in [0.2, 0.25) is 0 Å². The Morgan fingerprint density at radius 2 is 2.08 bits per heavy atom. The van der Waals surface area contributed by atoms with Crippen molar-refractivity contribution in [1.29, 1.82) is 0 Å². The van der Waals surface area contributed by atoms with Crippen LogP contribution in [0, 0.1) is 6.92 Å². The monoisotopic (exact) mass is 357 g/mol. The molecule has 0 aliphatic carbocycles. The summed E-state index contributed by atoms with van der Waals surface area (Å²) in [5, 5.41) is 11.6. The van der Waals surface area contributed by atoms with E-state index in [1.165, 1.54) is 12.4 Å². The summed E-state index contributed by atoms with van der Waals surface area (Å²) in [6.45, 7) is 13.2. The molecule has 138 valence electrons. The Hall–Kier alpha value is -2.06. The van der Waals surface area contributed by atoms with Crippen LogP contribution in [-0.4, -0.2) is 49.8 Å². The molecule has 0 unspecified atom stereocenters. The van der Waals surface area contributed by atoms with Crippen LogP contribution in [0.25, 0.3) is 11.0 Å². The number of fused-ring (bicyclic) bond motifs is 2. The van der Waals surface area contributed by atoms with E-state index in [0.717, 1.165) is 16.7 Å². The van der Waals surface area contributed by atoms with E-state index in [-0.39, 0.29) is 6.10 Å². The van der Waals surface area contributed by atoms with E-state index in [0.29, 0.717) is 5.57 Å². The van der Waals surface area contributed by atoms with E-state index < -0.39 is 30.3 Å². The van der Waals surface area contributed by atoms with E-state index in [9.17, 15) is 5.11 Å². The lowest BCUT2D eigenvalue weighted by molar-refractivity contribution is -0.204. The number of rotatable bonds is 4. The first-order chi connectivity index (χ1) is 12.3. The lowest BCUT2D eigenvalue weighted by Crippen LogP contribution is -2.39. The molecule has 1 N–H and O–H groups in total. The zero-order chi connectivity index (χ0) is 18.6. The zero-order valence-electron chi connectivity index (χ0n) is 15.1. The third kappa shape index (κ3) is 2.59. The molecule has 0 bridgehead atoms. The third-order valence-electron chi connectivity index (χ3n) is 5.00. The lowest BCUT2D eigenvalue weighted by atomic mass is 10.0.